The molecule has 19 nitrogen and oxygen atoms in total. The number of hydrogen-bond acceptors (Lipinski definition) is 15. The fraction of sp³-hybridized carbons (Fsp3) is 0.864. The van der Waals surface area contributed by atoms with Crippen molar-refractivity contribution in [2.75, 3.05) is 13.7 Å². The number of guanidine groups is 2. The van der Waals surface area contributed by atoms with Crippen molar-refractivity contribution in [1.29, 1.82) is 0 Å². The number of likely N-dealkylation sites (N-methyl/N-ethyl adjacent to an activating group) is 1. The third kappa shape index (κ3) is 6.40. The van der Waals surface area contributed by atoms with Crippen molar-refractivity contribution in [3.05, 3.63) is 0 Å². The minimum Gasteiger partial charge on any atom is -0.394 e. The highest BCUT2D eigenvalue weighted by Gasteiger charge is 2.61. The molecule has 3 rings (SSSR count). The van der Waals surface area contributed by atoms with Gasteiger partial charge in [0.2, 0.25) is 0 Å². The number of nitrogens with one attached hydrogen (secondary N) is 1. The van der Waals surface area contributed by atoms with Crippen LogP contribution in [0.4, 0.5) is 0 Å². The summed E-state index contributed by atoms with van der Waals surface area (Å²) in [5.74, 6) is -1.03. The van der Waals surface area contributed by atoms with Crippen molar-refractivity contribution >= 4 is 18.2 Å². The molecule has 15 unspecified atom stereocenters. The van der Waals surface area contributed by atoms with Crippen LogP contribution in [0.15, 0.2) is 9.98 Å². The highest BCUT2D eigenvalue weighted by molar-refractivity contribution is 5.76. The molecular weight excluding hydrogens is 554 g/mol. The lowest BCUT2D eigenvalue weighted by molar-refractivity contribution is -0.314. The van der Waals surface area contributed by atoms with Crippen molar-refractivity contribution in [3.63, 3.8) is 0 Å². The summed E-state index contributed by atoms with van der Waals surface area (Å²) in [6.07, 6.45) is -17.2. The number of aldehydes is 1. The number of nitrogens with zero attached hydrogens (tertiary/aromatic N) is 2. The molecule has 0 aromatic carbocycles. The first kappa shape index (κ1) is 33.2. The number of nitrogens with two attached hydrogens (primary N) is 4. The molecule has 3 fully saturated rings. The zero-order valence-corrected chi connectivity index (χ0v) is 22.5. The van der Waals surface area contributed by atoms with E-state index < -0.39 is 110 Å². The van der Waals surface area contributed by atoms with E-state index in [1.807, 2.05) is 0 Å². The number of hydrogen-bond donors (Lipinski definition) is 12. The minimum absolute atomic E-state index is 0.0684. The van der Waals surface area contributed by atoms with Crippen LogP contribution in [0.3, 0.4) is 0 Å². The number of carbonyl (C=O) groups excluding carboxylic acids is 1. The van der Waals surface area contributed by atoms with Gasteiger partial charge < -0.3 is 82.9 Å². The number of aliphatic imine (C=N–C) groups is 2. The number of rotatable bonds is 10. The molecule has 2 aliphatic heterocycles. The van der Waals surface area contributed by atoms with E-state index in [0.29, 0.717) is 0 Å². The summed E-state index contributed by atoms with van der Waals surface area (Å²) < 4.78 is 23.2. The Balaban J connectivity index is 1.99. The third-order valence-corrected chi connectivity index (χ3v) is 7.53. The molecule has 1 aliphatic carbocycles. The average Bonchev–Trinajstić information content (AvgIpc) is 3.19. The molecular formula is C22H41N7O12. The lowest BCUT2D eigenvalue weighted by atomic mass is 9.81. The SMILES string of the molecule is CCC1OC(OC2C(O)C(O)C(N=C(N)N)C(O)C2N=C(N)N)C(OC2OC(CO)C(O)C(O)C2NC)C1(O)C=O. The maximum absolute atomic E-state index is 12.2. The zero-order valence-electron chi connectivity index (χ0n) is 22.5. The van der Waals surface area contributed by atoms with Crippen molar-refractivity contribution in [3.8, 4) is 0 Å². The Morgan fingerprint density at radius 3 is 2.02 bits per heavy atom. The summed E-state index contributed by atoms with van der Waals surface area (Å²) in [4.78, 5) is 19.9. The Hall–Kier alpha value is -2.27. The Morgan fingerprint density at radius 2 is 1.51 bits per heavy atom. The zero-order chi connectivity index (χ0) is 30.8. The maximum Gasteiger partial charge on any atom is 0.188 e. The fourth-order valence-electron chi connectivity index (χ4n) is 5.40. The van der Waals surface area contributed by atoms with Crippen LogP contribution in [0.2, 0.25) is 0 Å². The molecule has 16 N–H and O–H groups in total. The van der Waals surface area contributed by atoms with Crippen molar-refractivity contribution in [1.82, 2.24) is 5.32 Å². The van der Waals surface area contributed by atoms with Gasteiger partial charge in [0.1, 0.15) is 60.9 Å². The summed E-state index contributed by atoms with van der Waals surface area (Å²) in [6, 6.07) is -4.08. The van der Waals surface area contributed by atoms with Gasteiger partial charge in [-0.1, -0.05) is 6.92 Å². The monoisotopic (exact) mass is 595 g/mol. The molecule has 2 heterocycles. The van der Waals surface area contributed by atoms with Gasteiger partial charge in [-0.15, -0.1) is 0 Å². The second-order valence-electron chi connectivity index (χ2n) is 10.1. The van der Waals surface area contributed by atoms with Gasteiger partial charge in [-0.2, -0.15) is 0 Å². The summed E-state index contributed by atoms with van der Waals surface area (Å²) in [7, 11) is 1.42. The second kappa shape index (κ2) is 13.4. The van der Waals surface area contributed by atoms with Crippen LogP contribution in [-0.4, -0.2) is 159 Å². The molecule has 1 saturated carbocycles. The molecule has 0 spiro atoms. The maximum atomic E-state index is 12.2. The lowest BCUT2D eigenvalue weighted by Gasteiger charge is -2.45. The number of aliphatic hydroxyl groups is 7. The summed E-state index contributed by atoms with van der Waals surface area (Å²) in [5, 5.41) is 77.1. The second-order valence-corrected chi connectivity index (χ2v) is 10.1. The largest absolute Gasteiger partial charge is 0.394 e. The van der Waals surface area contributed by atoms with Crippen LogP contribution < -0.4 is 28.3 Å². The third-order valence-electron chi connectivity index (χ3n) is 7.53. The number of ether oxygens (including phenoxy) is 4. The Bertz CT molecular complexity index is 956. The van der Waals surface area contributed by atoms with Gasteiger partial charge in [0.05, 0.1) is 18.8 Å². The molecule has 3 aliphatic rings. The predicted octanol–water partition coefficient (Wildman–Crippen LogP) is -7.77. The van der Waals surface area contributed by atoms with Gasteiger partial charge in [0.25, 0.3) is 0 Å². The van der Waals surface area contributed by atoms with Gasteiger partial charge in [-0.25, -0.2) is 9.98 Å². The van der Waals surface area contributed by atoms with Crippen molar-refractivity contribution < 1.29 is 59.5 Å². The number of aliphatic hydroxyl groups excluding tert-OH is 6. The predicted molar refractivity (Wildman–Crippen MR) is 138 cm³/mol. The van der Waals surface area contributed by atoms with Crippen molar-refractivity contribution in [2.45, 2.75) is 105 Å². The summed E-state index contributed by atoms with van der Waals surface area (Å²) in [6.45, 7) is 0.894. The quantitative estimate of drug-likeness (QED) is 0.0633. The summed E-state index contributed by atoms with van der Waals surface area (Å²) in [5.41, 5.74) is 19.5. The van der Waals surface area contributed by atoms with Crippen LogP contribution in [0, 0.1) is 0 Å². The van der Waals surface area contributed by atoms with Gasteiger partial charge in [-0.3, -0.25) is 4.79 Å². The van der Waals surface area contributed by atoms with E-state index in [4.69, 9.17) is 41.9 Å². The molecule has 0 bridgehead atoms. The first-order valence-electron chi connectivity index (χ1n) is 12.9. The van der Waals surface area contributed by atoms with Gasteiger partial charge in [-0.05, 0) is 13.5 Å². The van der Waals surface area contributed by atoms with E-state index in [1.54, 1.807) is 6.92 Å². The standard InChI is InChI=1S/C22H41N7O12/c1-3-7-22(37,5-31)17(41-18-10(27-2)14(35)11(32)6(4-30)38-18)19(39-7)40-16-9(29-21(25)26)12(33)8(28-20(23)24)13(34)15(16)36/h5-19,27,30,32-37H,3-4H2,1-2H3,(H4,23,24,28)(H4,25,26,29). The van der Waals surface area contributed by atoms with Gasteiger partial charge in [0.15, 0.2) is 36.4 Å². The van der Waals surface area contributed by atoms with Crippen LogP contribution in [0.1, 0.15) is 13.3 Å². The Kier molecular flexibility index (Phi) is 10.8. The average molecular weight is 596 g/mol. The highest BCUT2D eigenvalue weighted by atomic mass is 16.8. The fourth-order valence-corrected chi connectivity index (χ4v) is 5.40. The molecule has 2 saturated heterocycles. The van der Waals surface area contributed by atoms with E-state index in [1.165, 1.54) is 7.05 Å². The van der Waals surface area contributed by atoms with Crippen LogP contribution in [-0.2, 0) is 23.7 Å². The van der Waals surface area contributed by atoms with E-state index in [-0.39, 0.29) is 12.7 Å². The molecule has 0 radical (unpaired) electrons. The first-order valence-corrected chi connectivity index (χ1v) is 12.9. The van der Waals surface area contributed by atoms with Crippen LogP contribution in [0.25, 0.3) is 0 Å². The summed E-state index contributed by atoms with van der Waals surface area (Å²) >= 11 is 0. The Morgan fingerprint density at radius 1 is 0.902 bits per heavy atom. The smallest absolute Gasteiger partial charge is 0.188 e. The molecule has 0 aromatic rings. The van der Waals surface area contributed by atoms with Crippen molar-refractivity contribution in [2.24, 2.45) is 32.9 Å². The topological polar surface area (TPSA) is 336 Å². The molecule has 19 heteroatoms. The lowest BCUT2D eigenvalue weighted by Crippen LogP contribution is -2.66. The normalized spacial score (nSPS) is 46.6. The van der Waals surface area contributed by atoms with E-state index in [9.17, 15) is 40.5 Å². The highest BCUT2D eigenvalue weighted by Crippen LogP contribution is 2.39. The van der Waals surface area contributed by atoms with E-state index >= 15 is 0 Å². The van der Waals surface area contributed by atoms with Crippen LogP contribution in [0.5, 0.6) is 0 Å². The molecule has 236 valence electrons. The van der Waals surface area contributed by atoms with Crippen LogP contribution >= 0.6 is 0 Å². The molecule has 0 aromatic heterocycles. The first-order chi connectivity index (χ1) is 19.2. The van der Waals surface area contributed by atoms with Gasteiger partial charge in [0, 0.05) is 0 Å². The van der Waals surface area contributed by atoms with Gasteiger partial charge >= 0.3 is 0 Å². The number of carbonyl (C=O) groups is 1. The molecule has 15 atom stereocenters. The Labute approximate surface area is 234 Å². The molecule has 41 heavy (non-hydrogen) atoms. The molecule has 0 amide bonds. The minimum atomic E-state index is -2.37. The van der Waals surface area contributed by atoms with E-state index in [2.05, 4.69) is 15.3 Å². The van der Waals surface area contributed by atoms with E-state index in [0.717, 1.165) is 0 Å².